The Bertz CT molecular complexity index is 5840. The van der Waals surface area contributed by atoms with Gasteiger partial charge in [-0.3, -0.25) is 0 Å². The highest BCUT2D eigenvalue weighted by Gasteiger charge is 2.43. The van der Waals surface area contributed by atoms with Crippen LogP contribution in [0.25, 0.3) is 132 Å². The maximum atomic E-state index is 16.2. The van der Waals surface area contributed by atoms with E-state index in [4.69, 9.17) is 0 Å². The van der Waals surface area contributed by atoms with Gasteiger partial charge in [0.25, 0.3) is 0 Å². The van der Waals surface area contributed by atoms with Crippen LogP contribution in [-0.2, 0) is 18.5 Å². The third kappa shape index (κ3) is 9.59. The summed E-state index contributed by atoms with van der Waals surface area (Å²) in [7, 11) is 0. The molecule has 0 atom stereocenters. The molecule has 0 saturated heterocycles. The molecule has 0 fully saturated rings. The summed E-state index contributed by atoms with van der Waals surface area (Å²) >= 11 is 0. The predicted octanol–water partition coefficient (Wildman–Crippen LogP) is 24.5. The van der Waals surface area contributed by atoms with Gasteiger partial charge in [0.05, 0.1) is 78.0 Å². The minimum absolute atomic E-state index is 0.0206. The summed E-state index contributed by atoms with van der Waals surface area (Å²) in [6.45, 7) is 15.9. The average Bonchev–Trinajstić information content (AvgIpc) is 1.50. The maximum absolute atomic E-state index is 16.2. The van der Waals surface area contributed by atoms with Crippen molar-refractivity contribution in [2.45, 2.75) is 73.9 Å². The highest BCUT2D eigenvalue weighted by molar-refractivity contribution is 6.17. The van der Waals surface area contributed by atoms with Gasteiger partial charge in [-0.15, -0.1) is 0 Å². The minimum atomic E-state index is -5.00. The molecule has 0 amide bonds. The first-order chi connectivity index (χ1) is 46.9. The number of fused-ring (bicyclic) bond motifs is 12. The number of hydrogen-bond acceptors (Lipinski definition) is 1. The van der Waals surface area contributed by atoms with Crippen molar-refractivity contribution in [1.29, 1.82) is 5.26 Å². The monoisotopic (exact) mass is 1310 g/mol. The Morgan fingerprint density at radius 2 is 0.510 bits per heavy atom. The zero-order valence-electron chi connectivity index (χ0n) is 54.4. The number of benzene rings is 12. The Kier molecular flexibility index (Phi) is 14.7. The molecule has 0 saturated carbocycles. The van der Waals surface area contributed by atoms with Crippen LogP contribution in [0.2, 0.25) is 0 Å². The number of nitriles is 1. The summed E-state index contributed by atoms with van der Waals surface area (Å²) in [5.41, 5.74) is 11.2. The molecule has 0 aliphatic rings. The predicted molar refractivity (Wildman–Crippen MR) is 379 cm³/mol. The molecule has 5 nitrogen and oxygen atoms in total. The molecule has 4 heterocycles. The fourth-order valence-electron chi connectivity index (χ4n) is 15.6. The largest absolute Gasteiger partial charge is 0.420 e. The van der Waals surface area contributed by atoms with E-state index in [0.717, 1.165) is 122 Å². The second-order valence-corrected chi connectivity index (χ2v) is 25.5. The Morgan fingerprint density at radius 1 is 0.255 bits per heavy atom. The van der Waals surface area contributed by atoms with Crippen LogP contribution in [0.5, 0.6) is 0 Å². The zero-order valence-corrected chi connectivity index (χ0v) is 54.4. The Labute approximate surface area is 557 Å². The van der Waals surface area contributed by atoms with Gasteiger partial charge in [0.15, 0.2) is 0 Å². The molecule has 0 spiro atoms. The first-order valence-corrected chi connectivity index (χ1v) is 32.0. The normalized spacial score (nSPS) is 12.3. The van der Waals surface area contributed by atoms with E-state index in [0.29, 0.717) is 39.0 Å². The Balaban J connectivity index is 0.000000160. The molecular weight excluding hydrogens is 1250 g/mol. The van der Waals surface area contributed by atoms with Gasteiger partial charge in [0.2, 0.25) is 0 Å². The zero-order chi connectivity index (χ0) is 68.8. The molecule has 0 bridgehead atoms. The van der Waals surface area contributed by atoms with Crippen molar-refractivity contribution >= 4 is 87.2 Å². The van der Waals surface area contributed by atoms with Gasteiger partial charge in [-0.2, -0.15) is 44.8 Å². The second-order valence-electron chi connectivity index (χ2n) is 25.5. The van der Waals surface area contributed by atoms with Crippen LogP contribution in [0.1, 0.15) is 66.8 Å². The first-order valence-electron chi connectivity index (χ1n) is 32.0. The summed E-state index contributed by atoms with van der Waals surface area (Å²) < 4.78 is 144. The Morgan fingerprint density at radius 3 is 0.796 bits per heavy atom. The van der Waals surface area contributed by atoms with Gasteiger partial charge in [-0.1, -0.05) is 146 Å². The Hall–Kier alpha value is -11.3. The van der Waals surface area contributed by atoms with Gasteiger partial charge in [-0.25, -0.2) is 0 Å². The van der Waals surface area contributed by atoms with E-state index in [1.807, 2.05) is 143 Å². The molecule has 0 aliphatic carbocycles. The van der Waals surface area contributed by atoms with E-state index < -0.39 is 35.2 Å². The van der Waals surface area contributed by atoms with Gasteiger partial charge < -0.3 is 18.3 Å². The van der Waals surface area contributed by atoms with Crippen LogP contribution in [0, 0.1) is 66.7 Å². The van der Waals surface area contributed by atoms with Gasteiger partial charge in [0.1, 0.15) is 17.2 Å². The highest BCUT2D eigenvalue weighted by atomic mass is 19.4. The van der Waals surface area contributed by atoms with Crippen molar-refractivity contribution in [1.82, 2.24) is 18.3 Å². The van der Waals surface area contributed by atoms with E-state index in [2.05, 4.69) is 36.6 Å². The van der Waals surface area contributed by atoms with Gasteiger partial charge in [-0.05, 0) is 184 Å². The summed E-state index contributed by atoms with van der Waals surface area (Å²) in [5, 5.41) is 18.5. The lowest BCUT2D eigenvalue weighted by Crippen LogP contribution is -2.17. The van der Waals surface area contributed by atoms with Gasteiger partial charge >= 0.3 is 18.5 Å². The standard InChI is InChI=1S/C42H30F6N2.C42H30F3N3/c1-23-11-7-17-30-35(23)36-24(2)12-8-18-31(36)49(30)34-22-21-28(27-15-5-6-16-29(27)41(43,44)45)40(39(34)42(46,47)48)50-32-19-9-13-25(3)37(32)38-26(4)14-10-20-33(38)50;1-24-11-7-17-33-37(24)38-25(2)12-8-18-34(38)47(33)32-22-21-29(28-15-5-6-16-31(28)42(43,44)45)41(30(32)23-46)48-35-19-9-13-26(3)39(35)40-27(4)14-10-20-36(40)48/h5-22H,1-4H3;5-22H,1-4H3. The smallest absolute Gasteiger partial charge is 0.309 e. The second kappa shape index (κ2) is 22.9. The number of aromatic nitrogens is 4. The van der Waals surface area contributed by atoms with Crippen molar-refractivity contribution in [2.75, 3.05) is 0 Å². The molecular formula is C84H60F9N5. The lowest BCUT2D eigenvalue weighted by Gasteiger charge is -2.25. The lowest BCUT2D eigenvalue weighted by atomic mass is 9.93. The molecule has 16 aromatic rings. The average molecular weight is 1310 g/mol. The lowest BCUT2D eigenvalue weighted by molar-refractivity contribution is -0.138. The number of halogens is 9. The maximum Gasteiger partial charge on any atom is 0.420 e. The summed E-state index contributed by atoms with van der Waals surface area (Å²) in [5.74, 6) is 0. The third-order valence-corrected chi connectivity index (χ3v) is 19.6. The third-order valence-electron chi connectivity index (χ3n) is 19.6. The van der Waals surface area contributed by atoms with E-state index in [9.17, 15) is 31.6 Å². The number of hydrogen-bond donors (Lipinski definition) is 0. The number of nitrogens with zero attached hydrogens (tertiary/aromatic N) is 5. The molecule has 12 aromatic carbocycles. The van der Waals surface area contributed by atoms with Gasteiger partial charge in [0, 0.05) is 54.2 Å². The SMILES string of the molecule is Cc1cccc2c1c1c(C)cccc1n2-c1ccc(-c2ccccc2C(F)(F)F)c(-n2c3cccc(C)c3c3c(C)cccc32)c1C#N.Cc1cccc2c1c1c(C)cccc1n2-c1ccc(-c2ccccc2C(F)(F)F)c(-n2c3cccc(C)c3c3c(C)cccc32)c1C(F)(F)F. The molecule has 0 unspecified atom stereocenters. The van der Waals surface area contributed by atoms with Crippen LogP contribution in [0.3, 0.4) is 0 Å². The van der Waals surface area contributed by atoms with Crippen molar-refractivity contribution in [3.8, 4) is 51.1 Å². The van der Waals surface area contributed by atoms with Crippen LogP contribution in [0.15, 0.2) is 218 Å². The van der Waals surface area contributed by atoms with E-state index in [1.165, 1.54) is 47.0 Å². The molecule has 0 N–H and O–H groups in total. The number of alkyl halides is 9. The first kappa shape index (κ1) is 62.8. The van der Waals surface area contributed by atoms with Crippen LogP contribution in [-0.4, -0.2) is 18.3 Å². The summed E-state index contributed by atoms with van der Waals surface area (Å²) in [6.07, 6.45) is -14.4. The van der Waals surface area contributed by atoms with Crippen molar-refractivity contribution in [2.24, 2.45) is 0 Å². The molecule has 98 heavy (non-hydrogen) atoms. The van der Waals surface area contributed by atoms with Crippen LogP contribution >= 0.6 is 0 Å². The van der Waals surface area contributed by atoms with Crippen molar-refractivity contribution in [3.63, 3.8) is 0 Å². The molecule has 4 aromatic heterocycles. The van der Waals surface area contributed by atoms with Crippen LogP contribution < -0.4 is 0 Å². The highest BCUT2D eigenvalue weighted by Crippen LogP contribution is 2.52. The summed E-state index contributed by atoms with van der Waals surface area (Å²) in [4.78, 5) is 0. The fourth-order valence-corrected chi connectivity index (χ4v) is 15.6. The summed E-state index contributed by atoms with van der Waals surface area (Å²) in [6, 6.07) is 65.3. The quantitative estimate of drug-likeness (QED) is 0.153. The molecule has 16 rings (SSSR count). The van der Waals surface area contributed by atoms with Crippen molar-refractivity contribution < 1.29 is 39.5 Å². The molecule has 0 aliphatic heterocycles. The molecule has 0 radical (unpaired) electrons. The van der Waals surface area contributed by atoms with Crippen LogP contribution in [0.4, 0.5) is 39.5 Å². The van der Waals surface area contributed by atoms with Crippen molar-refractivity contribution in [3.05, 3.63) is 285 Å². The topological polar surface area (TPSA) is 43.5 Å². The molecule has 484 valence electrons. The number of rotatable bonds is 6. The van der Waals surface area contributed by atoms with E-state index >= 15 is 13.2 Å². The molecule has 14 heteroatoms. The minimum Gasteiger partial charge on any atom is -0.309 e. The number of aryl methyl sites for hydroxylation is 8. The van der Waals surface area contributed by atoms with E-state index in [1.54, 1.807) is 59.2 Å². The van der Waals surface area contributed by atoms with E-state index in [-0.39, 0.29) is 33.6 Å². The fraction of sp³-hybridized carbons (Fsp3) is 0.131.